The standard InChI is InChI=1S/C18H19FN4O2/c1-12-21-17-16(10-20-23(17)15-5-7-25-8-6-15)18(24)22(12)11-13-3-2-4-14(19)9-13/h2-4,9-10,15H,5-8,11H2,1H3. The normalized spacial score (nSPS) is 15.8. The summed E-state index contributed by atoms with van der Waals surface area (Å²) in [5.41, 5.74) is 1.19. The third kappa shape index (κ3) is 2.95. The van der Waals surface area contributed by atoms with Crippen LogP contribution in [0, 0.1) is 12.7 Å². The van der Waals surface area contributed by atoms with E-state index in [9.17, 15) is 9.18 Å². The Morgan fingerprint density at radius 1 is 1.32 bits per heavy atom. The van der Waals surface area contributed by atoms with Crippen molar-refractivity contribution in [2.45, 2.75) is 32.4 Å². The highest BCUT2D eigenvalue weighted by atomic mass is 19.1. The van der Waals surface area contributed by atoms with Gasteiger partial charge in [0.1, 0.15) is 17.0 Å². The van der Waals surface area contributed by atoms with Crippen LogP contribution < -0.4 is 5.56 Å². The minimum Gasteiger partial charge on any atom is -0.381 e. The Hall–Kier alpha value is -2.54. The molecule has 4 rings (SSSR count). The molecule has 1 saturated heterocycles. The minimum absolute atomic E-state index is 0.148. The molecule has 0 saturated carbocycles. The molecule has 0 N–H and O–H groups in total. The number of rotatable bonds is 3. The fourth-order valence-electron chi connectivity index (χ4n) is 3.33. The van der Waals surface area contributed by atoms with Crippen LogP contribution in [0.5, 0.6) is 0 Å². The predicted octanol–water partition coefficient (Wildman–Crippen LogP) is 2.44. The third-order valence-electron chi connectivity index (χ3n) is 4.67. The number of nitrogens with zero attached hydrogens (tertiary/aromatic N) is 4. The van der Waals surface area contributed by atoms with Gasteiger partial charge in [0.25, 0.3) is 5.56 Å². The number of hydrogen-bond donors (Lipinski definition) is 0. The van der Waals surface area contributed by atoms with Gasteiger partial charge in [-0.05, 0) is 37.5 Å². The SMILES string of the molecule is Cc1nc2c(cnn2C2CCOCC2)c(=O)n1Cc1cccc(F)c1. The van der Waals surface area contributed by atoms with E-state index in [1.165, 1.54) is 12.1 Å². The van der Waals surface area contributed by atoms with Crippen LogP contribution in [0.15, 0.2) is 35.3 Å². The van der Waals surface area contributed by atoms with E-state index in [1.54, 1.807) is 29.8 Å². The monoisotopic (exact) mass is 342 g/mol. The molecule has 0 radical (unpaired) electrons. The van der Waals surface area contributed by atoms with Crippen molar-refractivity contribution in [3.05, 3.63) is 58.0 Å². The van der Waals surface area contributed by atoms with Crippen LogP contribution >= 0.6 is 0 Å². The number of aryl methyl sites for hydroxylation is 1. The van der Waals surface area contributed by atoms with Gasteiger partial charge < -0.3 is 4.74 Å². The average molecular weight is 342 g/mol. The third-order valence-corrected chi connectivity index (χ3v) is 4.67. The van der Waals surface area contributed by atoms with Crippen molar-refractivity contribution < 1.29 is 9.13 Å². The second-order valence-electron chi connectivity index (χ2n) is 6.35. The summed E-state index contributed by atoms with van der Waals surface area (Å²) in [6.07, 6.45) is 3.31. The highest BCUT2D eigenvalue weighted by Crippen LogP contribution is 2.23. The Kier molecular flexibility index (Phi) is 4.09. The molecule has 3 heterocycles. The first-order chi connectivity index (χ1) is 12.1. The van der Waals surface area contributed by atoms with Gasteiger partial charge in [-0.1, -0.05) is 12.1 Å². The lowest BCUT2D eigenvalue weighted by Crippen LogP contribution is -2.26. The molecule has 6 nitrogen and oxygen atoms in total. The molecule has 25 heavy (non-hydrogen) atoms. The van der Waals surface area contributed by atoms with Crippen molar-refractivity contribution in [3.8, 4) is 0 Å². The summed E-state index contributed by atoms with van der Waals surface area (Å²) in [5.74, 6) is 0.278. The minimum atomic E-state index is -0.315. The largest absolute Gasteiger partial charge is 0.381 e. The number of benzene rings is 1. The molecule has 3 aromatic rings. The second-order valence-corrected chi connectivity index (χ2v) is 6.35. The topological polar surface area (TPSA) is 61.9 Å². The first kappa shape index (κ1) is 16.0. The summed E-state index contributed by atoms with van der Waals surface area (Å²) >= 11 is 0. The highest BCUT2D eigenvalue weighted by molar-refractivity contribution is 5.73. The molecule has 2 aromatic heterocycles. The average Bonchev–Trinajstić information content (AvgIpc) is 3.03. The van der Waals surface area contributed by atoms with E-state index in [0.717, 1.165) is 18.4 Å². The Morgan fingerprint density at radius 2 is 2.12 bits per heavy atom. The van der Waals surface area contributed by atoms with Gasteiger partial charge >= 0.3 is 0 Å². The van der Waals surface area contributed by atoms with Crippen LogP contribution in [0.4, 0.5) is 4.39 Å². The summed E-state index contributed by atoms with van der Waals surface area (Å²) in [6.45, 7) is 3.47. The van der Waals surface area contributed by atoms with E-state index in [1.807, 2.05) is 4.68 Å². The first-order valence-electron chi connectivity index (χ1n) is 8.40. The lowest BCUT2D eigenvalue weighted by Gasteiger charge is -2.22. The summed E-state index contributed by atoms with van der Waals surface area (Å²) in [6, 6.07) is 6.46. The molecule has 0 bridgehead atoms. The molecule has 130 valence electrons. The number of fused-ring (bicyclic) bond motifs is 1. The maximum absolute atomic E-state index is 13.4. The lowest BCUT2D eigenvalue weighted by atomic mass is 10.1. The smallest absolute Gasteiger partial charge is 0.264 e. The highest BCUT2D eigenvalue weighted by Gasteiger charge is 2.21. The maximum atomic E-state index is 13.4. The Morgan fingerprint density at radius 3 is 2.88 bits per heavy atom. The van der Waals surface area contributed by atoms with Gasteiger partial charge in [0.15, 0.2) is 5.65 Å². The van der Waals surface area contributed by atoms with Gasteiger partial charge in [0.2, 0.25) is 0 Å². The van der Waals surface area contributed by atoms with Crippen LogP contribution in [0.25, 0.3) is 11.0 Å². The van der Waals surface area contributed by atoms with Gasteiger partial charge in [-0.15, -0.1) is 0 Å². The fraction of sp³-hybridized carbons (Fsp3) is 0.389. The van der Waals surface area contributed by atoms with Crippen LogP contribution in [0.3, 0.4) is 0 Å². The van der Waals surface area contributed by atoms with E-state index in [-0.39, 0.29) is 24.0 Å². The molecule has 0 spiro atoms. The van der Waals surface area contributed by atoms with Crippen LogP contribution in [-0.4, -0.2) is 32.5 Å². The molecule has 0 atom stereocenters. The van der Waals surface area contributed by atoms with Crippen molar-refractivity contribution in [1.29, 1.82) is 0 Å². The van der Waals surface area contributed by atoms with Gasteiger partial charge in [-0.2, -0.15) is 5.10 Å². The summed E-state index contributed by atoms with van der Waals surface area (Å²) < 4.78 is 22.2. The van der Waals surface area contributed by atoms with E-state index in [0.29, 0.717) is 30.1 Å². The van der Waals surface area contributed by atoms with E-state index in [2.05, 4.69) is 10.1 Å². The van der Waals surface area contributed by atoms with Crippen molar-refractivity contribution in [2.75, 3.05) is 13.2 Å². The molecule has 7 heteroatoms. The summed E-state index contributed by atoms with van der Waals surface area (Å²) in [5, 5.41) is 4.90. The summed E-state index contributed by atoms with van der Waals surface area (Å²) in [7, 11) is 0. The Labute approximate surface area is 143 Å². The molecule has 0 aliphatic carbocycles. The van der Waals surface area contributed by atoms with Crippen molar-refractivity contribution in [2.24, 2.45) is 0 Å². The Balaban J connectivity index is 1.76. The van der Waals surface area contributed by atoms with E-state index in [4.69, 9.17) is 4.74 Å². The van der Waals surface area contributed by atoms with Crippen molar-refractivity contribution in [3.63, 3.8) is 0 Å². The zero-order chi connectivity index (χ0) is 17.4. The number of hydrogen-bond acceptors (Lipinski definition) is 4. The maximum Gasteiger partial charge on any atom is 0.264 e. The lowest BCUT2D eigenvalue weighted by molar-refractivity contribution is 0.0673. The van der Waals surface area contributed by atoms with E-state index >= 15 is 0 Å². The molecular weight excluding hydrogens is 323 g/mol. The van der Waals surface area contributed by atoms with Crippen molar-refractivity contribution in [1.82, 2.24) is 19.3 Å². The summed E-state index contributed by atoms with van der Waals surface area (Å²) in [4.78, 5) is 17.5. The van der Waals surface area contributed by atoms with Gasteiger partial charge in [0, 0.05) is 13.2 Å². The molecule has 1 aliphatic heterocycles. The van der Waals surface area contributed by atoms with Crippen molar-refractivity contribution >= 4 is 11.0 Å². The number of aromatic nitrogens is 4. The quantitative estimate of drug-likeness (QED) is 0.733. The first-order valence-corrected chi connectivity index (χ1v) is 8.40. The number of ether oxygens (including phenoxy) is 1. The number of halogens is 1. The zero-order valence-electron chi connectivity index (χ0n) is 14.0. The molecule has 0 amide bonds. The predicted molar refractivity (Wildman–Crippen MR) is 91.1 cm³/mol. The van der Waals surface area contributed by atoms with Crippen LogP contribution in [0.1, 0.15) is 30.3 Å². The van der Waals surface area contributed by atoms with Crippen LogP contribution in [-0.2, 0) is 11.3 Å². The van der Waals surface area contributed by atoms with Crippen LogP contribution in [0.2, 0.25) is 0 Å². The Bertz CT molecular complexity index is 973. The van der Waals surface area contributed by atoms with Gasteiger partial charge in [-0.3, -0.25) is 9.36 Å². The molecule has 0 unspecified atom stereocenters. The zero-order valence-corrected chi connectivity index (χ0v) is 14.0. The van der Waals surface area contributed by atoms with Gasteiger partial charge in [-0.25, -0.2) is 14.1 Å². The van der Waals surface area contributed by atoms with E-state index < -0.39 is 0 Å². The molecule has 1 aliphatic rings. The fourth-order valence-corrected chi connectivity index (χ4v) is 3.33. The van der Waals surface area contributed by atoms with Gasteiger partial charge in [0.05, 0.1) is 18.8 Å². The molecule has 1 fully saturated rings. The molecule has 1 aromatic carbocycles. The second kappa shape index (κ2) is 6.40. The molecular formula is C18H19FN4O2.